The van der Waals surface area contributed by atoms with Crippen molar-refractivity contribution in [3.8, 4) is 0 Å². The second kappa shape index (κ2) is 10.4. The van der Waals surface area contributed by atoms with Gasteiger partial charge in [0.1, 0.15) is 0 Å². The molecular weight excluding hydrogens is 304 g/mol. The highest BCUT2D eigenvalue weighted by Crippen LogP contribution is 2.36. The van der Waals surface area contributed by atoms with E-state index in [1.165, 1.54) is 0 Å². The average Bonchev–Trinajstić information content (AvgIpc) is 2.45. The molecule has 0 aliphatic carbocycles. The number of aliphatic hydroxyl groups excluding tert-OH is 2. The summed E-state index contributed by atoms with van der Waals surface area (Å²) in [7, 11) is -1.67. The molecule has 0 amide bonds. The Kier molecular flexibility index (Phi) is 10.3. The molecule has 0 spiro atoms. The standard InChI is InChI=1S/C19H38O3Si/c1-8-12-17(16(9-2)15-20)18(21)13-10-11-14-22-23(6,7)19(3,4)5/h8-9,16-18,20-21H,1-2,10-15H2,3-7H3/t16-,17+,18+/m1/s1. The summed E-state index contributed by atoms with van der Waals surface area (Å²) in [6, 6.07) is 0. The first kappa shape index (κ1) is 22.6. The van der Waals surface area contributed by atoms with Gasteiger partial charge in [-0.3, -0.25) is 0 Å². The van der Waals surface area contributed by atoms with Gasteiger partial charge >= 0.3 is 0 Å². The number of rotatable bonds is 12. The van der Waals surface area contributed by atoms with E-state index in [9.17, 15) is 10.2 Å². The van der Waals surface area contributed by atoms with E-state index < -0.39 is 14.4 Å². The van der Waals surface area contributed by atoms with Gasteiger partial charge in [-0.1, -0.05) is 32.9 Å². The molecule has 0 radical (unpaired) electrons. The smallest absolute Gasteiger partial charge is 0.191 e. The van der Waals surface area contributed by atoms with Crippen molar-refractivity contribution < 1.29 is 14.6 Å². The SMILES string of the molecule is C=CC[C@@H]([C@H](C=C)CO)[C@@H](O)CCCCO[Si](C)(C)C(C)(C)C. The minimum absolute atomic E-state index is 0.00342. The third kappa shape index (κ3) is 7.79. The molecule has 3 atom stereocenters. The van der Waals surface area contributed by atoms with E-state index in [-0.39, 0.29) is 23.5 Å². The van der Waals surface area contributed by atoms with Gasteiger partial charge in [0, 0.05) is 19.1 Å². The number of hydrogen-bond donors (Lipinski definition) is 2. The normalized spacial score (nSPS) is 16.7. The molecule has 0 fully saturated rings. The van der Waals surface area contributed by atoms with Crippen LogP contribution in [0.5, 0.6) is 0 Å². The first-order valence-electron chi connectivity index (χ1n) is 8.77. The Balaban J connectivity index is 4.25. The molecular formula is C19H38O3Si. The highest BCUT2D eigenvalue weighted by atomic mass is 28.4. The van der Waals surface area contributed by atoms with Gasteiger partial charge in [-0.05, 0) is 49.7 Å². The van der Waals surface area contributed by atoms with Crippen molar-refractivity contribution in [1.29, 1.82) is 0 Å². The van der Waals surface area contributed by atoms with E-state index in [0.29, 0.717) is 6.42 Å². The minimum atomic E-state index is -1.67. The summed E-state index contributed by atoms with van der Waals surface area (Å²) in [6.07, 6.45) is 6.42. The highest BCUT2D eigenvalue weighted by molar-refractivity contribution is 6.74. The van der Waals surface area contributed by atoms with Gasteiger partial charge in [-0.2, -0.15) is 0 Å². The maximum atomic E-state index is 10.4. The zero-order valence-electron chi connectivity index (χ0n) is 15.8. The van der Waals surface area contributed by atoms with Crippen LogP contribution in [0.2, 0.25) is 18.1 Å². The van der Waals surface area contributed by atoms with Crippen molar-refractivity contribution in [1.82, 2.24) is 0 Å². The van der Waals surface area contributed by atoms with Crippen molar-refractivity contribution in [2.45, 2.75) is 70.7 Å². The summed E-state index contributed by atoms with van der Waals surface area (Å²) in [5.41, 5.74) is 0. The predicted octanol–water partition coefficient (Wildman–Crippen LogP) is 4.53. The Morgan fingerprint density at radius 3 is 2.22 bits per heavy atom. The highest BCUT2D eigenvalue weighted by Gasteiger charge is 2.36. The summed E-state index contributed by atoms with van der Waals surface area (Å²) < 4.78 is 6.16. The number of hydrogen-bond acceptors (Lipinski definition) is 3. The van der Waals surface area contributed by atoms with Crippen LogP contribution in [0.1, 0.15) is 46.5 Å². The van der Waals surface area contributed by atoms with Crippen LogP contribution in [-0.2, 0) is 4.43 Å². The fourth-order valence-electron chi connectivity index (χ4n) is 2.41. The molecule has 0 aromatic carbocycles. The van der Waals surface area contributed by atoms with E-state index >= 15 is 0 Å². The summed E-state index contributed by atoms with van der Waals surface area (Å²) >= 11 is 0. The van der Waals surface area contributed by atoms with Gasteiger partial charge in [0.15, 0.2) is 8.32 Å². The zero-order valence-corrected chi connectivity index (χ0v) is 16.8. The summed E-state index contributed by atoms with van der Waals surface area (Å²) in [5.74, 6) is -0.0807. The topological polar surface area (TPSA) is 49.7 Å². The molecule has 0 rings (SSSR count). The first-order chi connectivity index (χ1) is 10.6. The van der Waals surface area contributed by atoms with Crippen LogP contribution in [0.25, 0.3) is 0 Å². The maximum absolute atomic E-state index is 10.4. The van der Waals surface area contributed by atoms with Crippen molar-refractivity contribution in [2.24, 2.45) is 11.8 Å². The Hall–Kier alpha value is -0.423. The molecule has 0 aromatic heterocycles. The fourth-order valence-corrected chi connectivity index (χ4v) is 3.50. The minimum Gasteiger partial charge on any atom is -0.417 e. The van der Waals surface area contributed by atoms with Crippen LogP contribution in [0.3, 0.4) is 0 Å². The second-order valence-electron chi connectivity index (χ2n) is 7.94. The molecule has 0 bridgehead atoms. The summed E-state index contributed by atoms with van der Waals surface area (Å²) in [6.45, 7) is 19.5. The third-order valence-electron chi connectivity index (χ3n) is 5.16. The van der Waals surface area contributed by atoms with E-state index in [0.717, 1.165) is 25.9 Å². The lowest BCUT2D eigenvalue weighted by Gasteiger charge is -2.36. The van der Waals surface area contributed by atoms with E-state index in [2.05, 4.69) is 47.0 Å². The van der Waals surface area contributed by atoms with Crippen LogP contribution in [0.4, 0.5) is 0 Å². The molecule has 0 heterocycles. The van der Waals surface area contributed by atoms with Gasteiger partial charge in [0.25, 0.3) is 0 Å². The van der Waals surface area contributed by atoms with Gasteiger partial charge < -0.3 is 14.6 Å². The number of aliphatic hydroxyl groups is 2. The molecule has 0 saturated carbocycles. The Morgan fingerprint density at radius 1 is 1.17 bits per heavy atom. The fraction of sp³-hybridized carbons (Fsp3) is 0.789. The van der Waals surface area contributed by atoms with E-state index in [1.807, 2.05) is 0 Å². The maximum Gasteiger partial charge on any atom is 0.191 e. The molecule has 3 nitrogen and oxygen atoms in total. The molecule has 2 N–H and O–H groups in total. The second-order valence-corrected chi connectivity index (χ2v) is 12.8. The Bertz CT molecular complexity index is 347. The van der Waals surface area contributed by atoms with Crippen molar-refractivity contribution >= 4 is 8.32 Å². The molecule has 0 aliphatic heterocycles. The lowest BCUT2D eigenvalue weighted by Crippen LogP contribution is -2.41. The van der Waals surface area contributed by atoms with E-state index in [4.69, 9.17) is 4.43 Å². The number of allylic oxidation sites excluding steroid dienone is 1. The molecule has 0 saturated heterocycles. The van der Waals surface area contributed by atoms with Gasteiger partial charge in [-0.15, -0.1) is 13.2 Å². The average molecular weight is 343 g/mol. The van der Waals surface area contributed by atoms with Gasteiger partial charge in [0.2, 0.25) is 0 Å². The third-order valence-corrected chi connectivity index (χ3v) is 9.70. The lowest BCUT2D eigenvalue weighted by molar-refractivity contribution is 0.0566. The number of unbranched alkanes of at least 4 members (excludes halogenated alkanes) is 1. The van der Waals surface area contributed by atoms with Gasteiger partial charge in [-0.25, -0.2) is 0 Å². The van der Waals surface area contributed by atoms with Crippen LogP contribution >= 0.6 is 0 Å². The van der Waals surface area contributed by atoms with Crippen LogP contribution in [-0.4, -0.2) is 37.8 Å². The van der Waals surface area contributed by atoms with Crippen molar-refractivity contribution in [3.63, 3.8) is 0 Å². The first-order valence-corrected chi connectivity index (χ1v) is 11.7. The molecule has 0 unspecified atom stereocenters. The monoisotopic (exact) mass is 342 g/mol. The van der Waals surface area contributed by atoms with Crippen LogP contribution < -0.4 is 0 Å². The molecule has 4 heteroatoms. The molecule has 136 valence electrons. The van der Waals surface area contributed by atoms with E-state index in [1.54, 1.807) is 12.2 Å². The summed E-state index contributed by atoms with van der Waals surface area (Å²) in [5, 5.41) is 20.1. The lowest BCUT2D eigenvalue weighted by atomic mass is 9.83. The summed E-state index contributed by atoms with van der Waals surface area (Å²) in [4.78, 5) is 0. The predicted molar refractivity (Wildman–Crippen MR) is 102 cm³/mol. The zero-order chi connectivity index (χ0) is 18.1. The molecule has 23 heavy (non-hydrogen) atoms. The Labute approximate surface area is 144 Å². The largest absolute Gasteiger partial charge is 0.417 e. The van der Waals surface area contributed by atoms with Crippen LogP contribution in [0.15, 0.2) is 25.3 Å². The van der Waals surface area contributed by atoms with Gasteiger partial charge in [0.05, 0.1) is 6.10 Å². The van der Waals surface area contributed by atoms with Crippen molar-refractivity contribution in [3.05, 3.63) is 25.3 Å². The molecule has 0 aliphatic rings. The van der Waals surface area contributed by atoms with Crippen molar-refractivity contribution in [2.75, 3.05) is 13.2 Å². The quantitative estimate of drug-likeness (QED) is 0.311. The van der Waals surface area contributed by atoms with Crippen LogP contribution in [0, 0.1) is 11.8 Å². The Morgan fingerprint density at radius 2 is 1.78 bits per heavy atom. The molecule has 0 aromatic rings.